The van der Waals surface area contributed by atoms with Gasteiger partial charge in [-0.1, -0.05) is 23.8 Å². The van der Waals surface area contributed by atoms with Gasteiger partial charge in [0, 0.05) is 6.54 Å². The molecule has 1 aromatic carbocycles. The molecule has 3 heteroatoms. The van der Waals surface area contributed by atoms with Crippen molar-refractivity contribution in [3.63, 3.8) is 0 Å². The largest absolute Gasteiger partial charge is 0.397 e. The van der Waals surface area contributed by atoms with Gasteiger partial charge in [-0.3, -0.25) is 0 Å². The van der Waals surface area contributed by atoms with Gasteiger partial charge in [0.15, 0.2) is 0 Å². The highest BCUT2D eigenvalue weighted by molar-refractivity contribution is 5.49. The molecule has 0 aliphatic rings. The molecule has 2 rings (SSSR count). The molecule has 0 bridgehead atoms. The smallest absolute Gasteiger partial charge is 0.126 e. The van der Waals surface area contributed by atoms with Crippen molar-refractivity contribution in [2.75, 3.05) is 17.6 Å². The van der Waals surface area contributed by atoms with E-state index in [9.17, 15) is 0 Å². The van der Waals surface area contributed by atoms with E-state index in [4.69, 9.17) is 5.73 Å². The molecular weight excluding hydrogens is 234 g/mol. The van der Waals surface area contributed by atoms with E-state index >= 15 is 0 Å². The summed E-state index contributed by atoms with van der Waals surface area (Å²) in [4.78, 5) is 4.41. The van der Waals surface area contributed by atoms with Crippen molar-refractivity contribution in [3.8, 4) is 0 Å². The number of aryl methyl sites for hydroxylation is 3. The van der Waals surface area contributed by atoms with Crippen LogP contribution in [0.5, 0.6) is 0 Å². The zero-order chi connectivity index (χ0) is 13.8. The topological polar surface area (TPSA) is 50.9 Å². The van der Waals surface area contributed by atoms with E-state index in [0.29, 0.717) is 0 Å². The van der Waals surface area contributed by atoms with Gasteiger partial charge in [0.2, 0.25) is 0 Å². The van der Waals surface area contributed by atoms with Gasteiger partial charge >= 0.3 is 0 Å². The third-order valence-electron chi connectivity index (χ3n) is 3.33. The van der Waals surface area contributed by atoms with Gasteiger partial charge in [-0.05, 0) is 50.5 Å². The molecule has 0 amide bonds. The third kappa shape index (κ3) is 3.47. The van der Waals surface area contributed by atoms with Crippen LogP contribution in [0.2, 0.25) is 0 Å². The van der Waals surface area contributed by atoms with Crippen molar-refractivity contribution in [2.45, 2.75) is 27.2 Å². The molecule has 0 radical (unpaired) electrons. The normalized spacial score (nSPS) is 10.5. The molecule has 0 aliphatic carbocycles. The number of nitrogen functional groups attached to an aromatic ring is 1. The molecule has 0 aliphatic heterocycles. The second-order valence-electron chi connectivity index (χ2n) is 4.98. The SMILES string of the molecule is Cc1ccc(C)c(CCNc2ccc(N)c(C)n2)c1. The summed E-state index contributed by atoms with van der Waals surface area (Å²) in [5, 5.41) is 3.34. The molecule has 3 nitrogen and oxygen atoms in total. The highest BCUT2D eigenvalue weighted by atomic mass is 15.0. The number of aromatic nitrogens is 1. The number of rotatable bonds is 4. The lowest BCUT2D eigenvalue weighted by Gasteiger charge is -2.10. The van der Waals surface area contributed by atoms with Crippen LogP contribution in [0.3, 0.4) is 0 Å². The second-order valence-corrected chi connectivity index (χ2v) is 4.98. The minimum absolute atomic E-state index is 0.736. The summed E-state index contributed by atoms with van der Waals surface area (Å²) in [6, 6.07) is 10.4. The Kier molecular flexibility index (Phi) is 4.05. The van der Waals surface area contributed by atoms with Crippen molar-refractivity contribution in [1.82, 2.24) is 4.98 Å². The van der Waals surface area contributed by atoms with E-state index < -0.39 is 0 Å². The fraction of sp³-hybridized carbons (Fsp3) is 0.312. The summed E-state index contributed by atoms with van der Waals surface area (Å²) in [5.74, 6) is 0.886. The zero-order valence-electron chi connectivity index (χ0n) is 11.8. The van der Waals surface area contributed by atoms with Crippen LogP contribution in [-0.4, -0.2) is 11.5 Å². The van der Waals surface area contributed by atoms with Crippen molar-refractivity contribution in [1.29, 1.82) is 0 Å². The van der Waals surface area contributed by atoms with E-state index in [1.165, 1.54) is 16.7 Å². The number of anilines is 2. The van der Waals surface area contributed by atoms with Gasteiger partial charge in [-0.2, -0.15) is 0 Å². The van der Waals surface area contributed by atoms with Crippen LogP contribution in [0, 0.1) is 20.8 Å². The first-order valence-corrected chi connectivity index (χ1v) is 6.59. The number of nitrogens with one attached hydrogen (secondary N) is 1. The molecule has 3 N–H and O–H groups in total. The molecule has 0 unspecified atom stereocenters. The standard InChI is InChI=1S/C16H21N3/c1-11-4-5-12(2)14(10-11)8-9-18-16-7-6-15(17)13(3)19-16/h4-7,10H,8-9,17H2,1-3H3,(H,18,19). The summed E-state index contributed by atoms with van der Waals surface area (Å²) in [6.45, 7) is 7.08. The average molecular weight is 255 g/mol. The Balaban J connectivity index is 1.96. The molecule has 1 aromatic heterocycles. The molecule has 19 heavy (non-hydrogen) atoms. The number of pyridine rings is 1. The zero-order valence-corrected chi connectivity index (χ0v) is 11.8. The lowest BCUT2D eigenvalue weighted by atomic mass is 10.0. The first-order valence-electron chi connectivity index (χ1n) is 6.59. The van der Waals surface area contributed by atoms with Gasteiger partial charge < -0.3 is 11.1 Å². The first-order chi connectivity index (χ1) is 9.06. The molecule has 0 spiro atoms. The molecule has 0 saturated heterocycles. The summed E-state index contributed by atoms with van der Waals surface area (Å²) >= 11 is 0. The Labute approximate surface area is 114 Å². The van der Waals surface area contributed by atoms with Crippen molar-refractivity contribution < 1.29 is 0 Å². The van der Waals surface area contributed by atoms with Gasteiger partial charge in [0.25, 0.3) is 0 Å². The van der Waals surface area contributed by atoms with Gasteiger partial charge in [0.1, 0.15) is 5.82 Å². The van der Waals surface area contributed by atoms with Crippen LogP contribution < -0.4 is 11.1 Å². The van der Waals surface area contributed by atoms with Crippen LogP contribution in [0.4, 0.5) is 11.5 Å². The Morgan fingerprint density at radius 1 is 1.11 bits per heavy atom. The quantitative estimate of drug-likeness (QED) is 0.881. The number of nitrogens with two attached hydrogens (primary N) is 1. The molecule has 0 atom stereocenters. The van der Waals surface area contributed by atoms with Gasteiger partial charge in [-0.15, -0.1) is 0 Å². The predicted octanol–water partition coefficient (Wildman–Crippen LogP) is 3.24. The molecule has 0 saturated carbocycles. The van der Waals surface area contributed by atoms with Crippen molar-refractivity contribution in [3.05, 3.63) is 52.7 Å². The molecular formula is C16H21N3. The van der Waals surface area contributed by atoms with E-state index in [-0.39, 0.29) is 0 Å². The van der Waals surface area contributed by atoms with E-state index in [0.717, 1.165) is 30.2 Å². The monoisotopic (exact) mass is 255 g/mol. The minimum atomic E-state index is 0.736. The molecule has 0 fully saturated rings. The summed E-state index contributed by atoms with van der Waals surface area (Å²) < 4.78 is 0. The highest BCUT2D eigenvalue weighted by Gasteiger charge is 2.01. The number of hydrogen-bond acceptors (Lipinski definition) is 3. The van der Waals surface area contributed by atoms with Crippen LogP contribution in [-0.2, 0) is 6.42 Å². The first kappa shape index (κ1) is 13.4. The summed E-state index contributed by atoms with van der Waals surface area (Å²) in [7, 11) is 0. The maximum Gasteiger partial charge on any atom is 0.126 e. The minimum Gasteiger partial charge on any atom is -0.397 e. The van der Waals surface area contributed by atoms with Crippen LogP contribution in [0.15, 0.2) is 30.3 Å². The van der Waals surface area contributed by atoms with Crippen molar-refractivity contribution in [2.24, 2.45) is 0 Å². The lowest BCUT2D eigenvalue weighted by molar-refractivity contribution is 0.987. The predicted molar refractivity (Wildman–Crippen MR) is 81.5 cm³/mol. The summed E-state index contributed by atoms with van der Waals surface area (Å²) in [6.07, 6.45) is 0.999. The number of hydrogen-bond donors (Lipinski definition) is 2. The van der Waals surface area contributed by atoms with E-state index in [1.807, 2.05) is 19.1 Å². The van der Waals surface area contributed by atoms with Crippen LogP contribution in [0.1, 0.15) is 22.4 Å². The van der Waals surface area contributed by atoms with Crippen LogP contribution in [0.25, 0.3) is 0 Å². The maximum absolute atomic E-state index is 5.75. The Morgan fingerprint density at radius 3 is 2.63 bits per heavy atom. The van der Waals surface area contributed by atoms with Crippen molar-refractivity contribution >= 4 is 11.5 Å². The Bertz CT molecular complexity index is 576. The fourth-order valence-corrected chi connectivity index (χ4v) is 2.07. The summed E-state index contributed by atoms with van der Waals surface area (Å²) in [5.41, 5.74) is 11.4. The Hall–Kier alpha value is -2.03. The van der Waals surface area contributed by atoms with Crippen LogP contribution >= 0.6 is 0 Å². The van der Waals surface area contributed by atoms with E-state index in [2.05, 4.69) is 42.3 Å². The number of nitrogens with zero attached hydrogens (tertiary/aromatic N) is 1. The maximum atomic E-state index is 5.75. The van der Waals surface area contributed by atoms with Gasteiger partial charge in [0.05, 0.1) is 11.4 Å². The fourth-order valence-electron chi connectivity index (χ4n) is 2.07. The van der Waals surface area contributed by atoms with Gasteiger partial charge in [-0.25, -0.2) is 4.98 Å². The third-order valence-corrected chi connectivity index (χ3v) is 3.33. The molecule has 100 valence electrons. The Morgan fingerprint density at radius 2 is 1.89 bits per heavy atom. The number of benzene rings is 1. The molecule has 2 aromatic rings. The lowest BCUT2D eigenvalue weighted by Crippen LogP contribution is -2.08. The highest BCUT2D eigenvalue weighted by Crippen LogP contribution is 2.13. The van der Waals surface area contributed by atoms with E-state index in [1.54, 1.807) is 0 Å². The second kappa shape index (κ2) is 5.74. The average Bonchev–Trinajstić information content (AvgIpc) is 2.38. The molecule has 1 heterocycles.